The molecule has 210 valence electrons. The Kier molecular flexibility index (Phi) is 6.55. The molecule has 0 aliphatic heterocycles. The molecule has 0 atom stereocenters. The highest BCUT2D eigenvalue weighted by molar-refractivity contribution is 5.86. The average Bonchev–Trinajstić information content (AvgIpc) is 3.28. The van der Waals surface area contributed by atoms with Crippen molar-refractivity contribution in [1.82, 2.24) is 0 Å². The number of fused-ring (bicyclic) bond motifs is 3. The van der Waals surface area contributed by atoms with E-state index in [1.807, 2.05) is 0 Å². The summed E-state index contributed by atoms with van der Waals surface area (Å²) in [4.78, 5) is 2.40. The molecular weight excluding hydrogens is 518 g/mol. The minimum absolute atomic E-state index is 0.0612. The minimum atomic E-state index is -0.0919. The number of rotatable bonds is 6. The van der Waals surface area contributed by atoms with Crippen molar-refractivity contribution in [1.29, 1.82) is 0 Å². The van der Waals surface area contributed by atoms with Crippen LogP contribution in [0.1, 0.15) is 49.9 Å². The first-order valence-corrected chi connectivity index (χ1v) is 15.2. The lowest BCUT2D eigenvalue weighted by atomic mass is 9.78. The summed E-state index contributed by atoms with van der Waals surface area (Å²) >= 11 is 0. The summed E-state index contributed by atoms with van der Waals surface area (Å²) < 4.78 is 0. The van der Waals surface area contributed by atoms with Crippen LogP contribution in [-0.2, 0) is 10.8 Å². The van der Waals surface area contributed by atoms with Crippen molar-refractivity contribution in [2.24, 2.45) is 0 Å². The van der Waals surface area contributed by atoms with Crippen LogP contribution >= 0.6 is 0 Å². The van der Waals surface area contributed by atoms with E-state index in [0.29, 0.717) is 0 Å². The van der Waals surface area contributed by atoms with E-state index in [0.717, 1.165) is 11.4 Å². The van der Waals surface area contributed by atoms with Crippen LogP contribution in [0.15, 0.2) is 152 Å². The van der Waals surface area contributed by atoms with E-state index in [9.17, 15) is 0 Å². The maximum Gasteiger partial charge on any atom is 0.0465 e. The van der Waals surface area contributed by atoms with Crippen molar-refractivity contribution in [3.05, 3.63) is 174 Å². The molecule has 1 aliphatic rings. The molecule has 0 N–H and O–H groups in total. The van der Waals surface area contributed by atoms with E-state index in [1.165, 1.54) is 50.2 Å². The van der Waals surface area contributed by atoms with Gasteiger partial charge in [-0.15, -0.1) is 0 Å². The molecule has 1 heteroatoms. The fraction of sp³-hybridized carbons (Fsp3) is 0.143. The van der Waals surface area contributed by atoms with Gasteiger partial charge in [-0.2, -0.15) is 0 Å². The molecule has 7 rings (SSSR count). The summed E-state index contributed by atoms with van der Waals surface area (Å²) in [5.74, 6) is 0. The van der Waals surface area contributed by atoms with Gasteiger partial charge in [0.05, 0.1) is 0 Å². The molecule has 43 heavy (non-hydrogen) atoms. The lowest BCUT2D eigenvalue weighted by molar-refractivity contribution is 0.641. The van der Waals surface area contributed by atoms with E-state index >= 15 is 0 Å². The van der Waals surface area contributed by atoms with Crippen LogP contribution in [0.25, 0.3) is 22.3 Å². The molecule has 1 aliphatic carbocycles. The molecule has 0 fully saturated rings. The first-order chi connectivity index (χ1) is 20.8. The Morgan fingerprint density at radius 2 is 0.930 bits per heavy atom. The molecule has 0 saturated carbocycles. The van der Waals surface area contributed by atoms with Crippen LogP contribution in [-0.4, -0.2) is 0 Å². The quantitative estimate of drug-likeness (QED) is 0.198. The zero-order chi connectivity index (χ0) is 29.6. The summed E-state index contributed by atoms with van der Waals surface area (Å²) in [5.41, 5.74) is 13.8. The third-order valence-electron chi connectivity index (χ3n) is 9.40. The smallest absolute Gasteiger partial charge is 0.0465 e. The summed E-state index contributed by atoms with van der Waals surface area (Å²) in [7, 11) is 0. The van der Waals surface area contributed by atoms with Crippen LogP contribution in [0, 0.1) is 0 Å². The van der Waals surface area contributed by atoms with Crippen molar-refractivity contribution >= 4 is 17.1 Å². The topological polar surface area (TPSA) is 3.24 Å². The Morgan fingerprint density at radius 3 is 1.60 bits per heavy atom. The van der Waals surface area contributed by atoms with Gasteiger partial charge in [-0.1, -0.05) is 143 Å². The minimum Gasteiger partial charge on any atom is -0.310 e. The van der Waals surface area contributed by atoms with Gasteiger partial charge in [0.15, 0.2) is 0 Å². The summed E-state index contributed by atoms with van der Waals surface area (Å²) in [6.45, 7) is 9.30. The van der Waals surface area contributed by atoms with Gasteiger partial charge in [0.25, 0.3) is 0 Å². The van der Waals surface area contributed by atoms with Gasteiger partial charge >= 0.3 is 0 Å². The van der Waals surface area contributed by atoms with Crippen molar-refractivity contribution in [3.63, 3.8) is 0 Å². The highest BCUT2D eigenvalue weighted by Gasteiger charge is 2.35. The molecule has 0 bridgehead atoms. The summed E-state index contributed by atoms with van der Waals surface area (Å²) in [6.07, 6.45) is 0. The third-order valence-corrected chi connectivity index (χ3v) is 9.40. The molecule has 0 aromatic heterocycles. The van der Waals surface area contributed by atoms with E-state index in [2.05, 4.69) is 184 Å². The van der Waals surface area contributed by atoms with Crippen LogP contribution in [0.5, 0.6) is 0 Å². The molecule has 0 heterocycles. The number of hydrogen-bond donors (Lipinski definition) is 0. The fourth-order valence-corrected chi connectivity index (χ4v) is 6.76. The highest BCUT2D eigenvalue weighted by atomic mass is 15.1. The standard InChI is InChI=1S/C42H37N/c1-41(2,32-15-9-6-10-16-32)33-21-25-35(26-22-33)43(34-23-19-31(20-24-34)30-13-7-5-8-14-30)36-27-28-38-37-17-11-12-18-39(37)42(3,4)40(38)29-36/h5-29H,1-4H3. The zero-order valence-electron chi connectivity index (χ0n) is 25.4. The van der Waals surface area contributed by atoms with E-state index < -0.39 is 0 Å². The van der Waals surface area contributed by atoms with Crippen molar-refractivity contribution in [2.45, 2.75) is 38.5 Å². The Morgan fingerprint density at radius 1 is 0.442 bits per heavy atom. The maximum atomic E-state index is 2.41. The average molecular weight is 556 g/mol. The predicted octanol–water partition coefficient (Wildman–Crippen LogP) is 11.5. The molecule has 0 unspecified atom stereocenters. The first kappa shape index (κ1) is 27.0. The Hall–Kier alpha value is -4.88. The largest absolute Gasteiger partial charge is 0.310 e. The Labute approximate surface area is 256 Å². The first-order valence-electron chi connectivity index (χ1n) is 15.2. The Bertz CT molecular complexity index is 1880. The monoisotopic (exact) mass is 555 g/mol. The molecule has 1 nitrogen and oxygen atoms in total. The van der Waals surface area contributed by atoms with Crippen molar-refractivity contribution < 1.29 is 0 Å². The van der Waals surface area contributed by atoms with Crippen LogP contribution in [0.2, 0.25) is 0 Å². The van der Waals surface area contributed by atoms with Gasteiger partial charge in [-0.05, 0) is 80.9 Å². The normalized spacial score (nSPS) is 13.3. The van der Waals surface area contributed by atoms with E-state index in [1.54, 1.807) is 0 Å². The van der Waals surface area contributed by atoms with Crippen molar-refractivity contribution in [2.75, 3.05) is 4.90 Å². The molecule has 0 radical (unpaired) electrons. The SMILES string of the molecule is CC(C)(c1ccccc1)c1ccc(N(c2ccc(-c3ccccc3)cc2)c2ccc3c(c2)C(C)(C)c2ccccc2-3)cc1. The number of benzene rings is 6. The summed E-state index contributed by atoms with van der Waals surface area (Å²) in [5, 5.41) is 0. The molecule has 0 amide bonds. The lowest BCUT2D eigenvalue weighted by Crippen LogP contribution is -2.19. The molecular formula is C42H37N. The van der Waals surface area contributed by atoms with Crippen molar-refractivity contribution in [3.8, 4) is 22.3 Å². The van der Waals surface area contributed by atoms with Gasteiger partial charge in [0, 0.05) is 27.9 Å². The second kappa shape index (κ2) is 10.4. The van der Waals surface area contributed by atoms with Crippen LogP contribution in [0.4, 0.5) is 17.1 Å². The van der Waals surface area contributed by atoms with E-state index in [-0.39, 0.29) is 10.8 Å². The van der Waals surface area contributed by atoms with Gasteiger partial charge in [-0.3, -0.25) is 0 Å². The van der Waals surface area contributed by atoms with E-state index in [4.69, 9.17) is 0 Å². The predicted molar refractivity (Wildman–Crippen MR) is 183 cm³/mol. The van der Waals surface area contributed by atoms with Gasteiger partial charge < -0.3 is 4.90 Å². The lowest BCUT2D eigenvalue weighted by Gasteiger charge is -2.30. The third kappa shape index (κ3) is 4.66. The van der Waals surface area contributed by atoms with Crippen LogP contribution in [0.3, 0.4) is 0 Å². The summed E-state index contributed by atoms with van der Waals surface area (Å²) in [6, 6.07) is 55.3. The van der Waals surface area contributed by atoms with Gasteiger partial charge in [0.1, 0.15) is 0 Å². The molecule has 0 spiro atoms. The molecule has 6 aromatic rings. The van der Waals surface area contributed by atoms with Gasteiger partial charge in [-0.25, -0.2) is 0 Å². The number of hydrogen-bond acceptors (Lipinski definition) is 1. The Balaban J connectivity index is 1.33. The highest BCUT2D eigenvalue weighted by Crippen LogP contribution is 2.50. The molecule has 0 saturated heterocycles. The van der Waals surface area contributed by atoms with Crippen LogP contribution < -0.4 is 4.90 Å². The fourth-order valence-electron chi connectivity index (χ4n) is 6.76. The second-order valence-corrected chi connectivity index (χ2v) is 12.7. The molecule has 6 aromatic carbocycles. The van der Waals surface area contributed by atoms with Gasteiger partial charge in [0.2, 0.25) is 0 Å². The second-order valence-electron chi connectivity index (χ2n) is 12.7. The number of anilines is 3. The number of nitrogens with zero attached hydrogens (tertiary/aromatic N) is 1. The zero-order valence-corrected chi connectivity index (χ0v) is 25.4. The maximum absolute atomic E-state index is 2.41.